The van der Waals surface area contributed by atoms with Gasteiger partial charge in [-0.25, -0.2) is 4.79 Å². The molecule has 236 valence electrons. The van der Waals surface area contributed by atoms with Crippen molar-refractivity contribution in [3.05, 3.63) is 65.9 Å². The second-order valence-electron chi connectivity index (χ2n) is 10.9. The number of phenolic OH excluding ortho intramolecular Hbond substituents is 1. The number of aromatic hydroxyl groups is 1. The summed E-state index contributed by atoms with van der Waals surface area (Å²) in [6.45, 7) is 3.50. The summed E-state index contributed by atoms with van der Waals surface area (Å²) in [5.74, 6) is -4.34. The predicted octanol–water partition coefficient (Wildman–Crippen LogP) is 0.837. The molecule has 0 aliphatic carbocycles. The zero-order chi connectivity index (χ0) is 32.4. The molecule has 4 amide bonds. The maximum atomic E-state index is 13.8. The Bertz CT molecular complexity index is 1470. The number of carbonyl (C=O) groups excluding carboxylic acids is 4. The Kier molecular flexibility index (Phi) is 11.9. The number of nitrogens with two attached hydrogens (primary N) is 2. The SMILES string of the molecule is CCC(C)C(NC(=O)C(Cc1ccc(O)cc1)NC(=O)C(Cc1c[nH]c2ccccc12)NC(=O)C(N)CCC(N)=O)C(=O)O. The van der Waals surface area contributed by atoms with Crippen molar-refractivity contribution in [1.82, 2.24) is 20.9 Å². The minimum absolute atomic E-state index is 0.00989. The number of rotatable bonds is 16. The van der Waals surface area contributed by atoms with E-state index < -0.39 is 59.7 Å². The van der Waals surface area contributed by atoms with Gasteiger partial charge in [0.2, 0.25) is 23.6 Å². The van der Waals surface area contributed by atoms with Gasteiger partial charge in [0.05, 0.1) is 6.04 Å². The van der Waals surface area contributed by atoms with E-state index in [9.17, 15) is 34.2 Å². The first kappa shape index (κ1) is 33.6. The third-order valence-corrected chi connectivity index (χ3v) is 7.56. The lowest BCUT2D eigenvalue weighted by molar-refractivity contribution is -0.143. The number of phenols is 1. The van der Waals surface area contributed by atoms with E-state index in [1.807, 2.05) is 24.3 Å². The number of amides is 4. The molecule has 13 nitrogen and oxygen atoms in total. The van der Waals surface area contributed by atoms with Gasteiger partial charge in [0.25, 0.3) is 0 Å². The Labute approximate surface area is 254 Å². The smallest absolute Gasteiger partial charge is 0.326 e. The highest BCUT2D eigenvalue weighted by Crippen LogP contribution is 2.20. The number of carboxylic acids is 1. The van der Waals surface area contributed by atoms with Gasteiger partial charge in [-0.1, -0.05) is 50.6 Å². The molecule has 0 aliphatic heterocycles. The third kappa shape index (κ3) is 9.30. The fourth-order valence-electron chi connectivity index (χ4n) is 4.72. The topological polar surface area (TPSA) is 230 Å². The van der Waals surface area contributed by atoms with Gasteiger partial charge >= 0.3 is 5.97 Å². The molecule has 44 heavy (non-hydrogen) atoms. The minimum Gasteiger partial charge on any atom is -0.508 e. The lowest BCUT2D eigenvalue weighted by atomic mass is 9.97. The zero-order valence-electron chi connectivity index (χ0n) is 24.7. The molecule has 0 aliphatic rings. The molecule has 0 bridgehead atoms. The summed E-state index contributed by atoms with van der Waals surface area (Å²) in [6, 6.07) is 8.67. The number of hydrogen-bond acceptors (Lipinski definition) is 7. The Morgan fingerprint density at radius 3 is 2.14 bits per heavy atom. The number of carbonyl (C=O) groups is 5. The number of aliphatic carboxylic acids is 1. The second-order valence-corrected chi connectivity index (χ2v) is 10.9. The van der Waals surface area contributed by atoms with Gasteiger partial charge in [-0.15, -0.1) is 0 Å². The normalized spacial score (nSPS) is 14.5. The largest absolute Gasteiger partial charge is 0.508 e. The van der Waals surface area contributed by atoms with Crippen molar-refractivity contribution < 1.29 is 34.2 Å². The first-order valence-corrected chi connectivity index (χ1v) is 14.4. The average molecular weight is 609 g/mol. The standard InChI is InChI=1S/C31H40N6O7/c1-3-17(2)27(31(43)44)37-30(42)24(14-18-8-10-20(38)11-9-18)36-29(41)25(35-28(40)22(32)12-13-26(33)39)15-19-16-34-23-7-5-4-6-21(19)23/h4-11,16-17,22,24-25,27,34,38H,3,12-15,32H2,1-2H3,(H2,33,39)(H,35,40)(H,36,41)(H,37,42)(H,43,44). The highest BCUT2D eigenvalue weighted by molar-refractivity contribution is 5.95. The molecular weight excluding hydrogens is 568 g/mol. The van der Waals surface area contributed by atoms with Crippen molar-refractivity contribution in [2.75, 3.05) is 0 Å². The second kappa shape index (κ2) is 15.5. The molecule has 3 rings (SSSR count). The van der Waals surface area contributed by atoms with Crippen molar-refractivity contribution in [3.63, 3.8) is 0 Å². The Balaban J connectivity index is 1.91. The lowest BCUT2D eigenvalue weighted by Crippen LogP contribution is -2.58. The molecular formula is C31H40N6O7. The van der Waals surface area contributed by atoms with Crippen LogP contribution in [0.3, 0.4) is 0 Å². The van der Waals surface area contributed by atoms with E-state index in [4.69, 9.17) is 11.5 Å². The molecule has 1 heterocycles. The molecule has 3 aromatic rings. The van der Waals surface area contributed by atoms with Crippen LogP contribution in [-0.4, -0.2) is 69.0 Å². The van der Waals surface area contributed by atoms with Crippen molar-refractivity contribution in [2.24, 2.45) is 17.4 Å². The average Bonchev–Trinajstić information content (AvgIpc) is 3.40. The van der Waals surface area contributed by atoms with E-state index in [1.165, 1.54) is 12.1 Å². The van der Waals surface area contributed by atoms with Crippen molar-refractivity contribution in [2.45, 2.75) is 70.1 Å². The molecule has 2 aromatic carbocycles. The maximum absolute atomic E-state index is 13.8. The summed E-state index contributed by atoms with van der Waals surface area (Å²) in [5.41, 5.74) is 13.3. The van der Waals surface area contributed by atoms with E-state index in [-0.39, 0.29) is 31.4 Å². The van der Waals surface area contributed by atoms with Gasteiger partial charge in [-0.3, -0.25) is 19.2 Å². The summed E-state index contributed by atoms with van der Waals surface area (Å²) >= 11 is 0. The van der Waals surface area contributed by atoms with E-state index in [2.05, 4.69) is 20.9 Å². The number of benzene rings is 2. The monoisotopic (exact) mass is 608 g/mol. The maximum Gasteiger partial charge on any atom is 0.326 e. The summed E-state index contributed by atoms with van der Waals surface area (Å²) in [4.78, 5) is 66.5. The number of para-hydroxylation sites is 1. The molecule has 1 aromatic heterocycles. The van der Waals surface area contributed by atoms with Crippen LogP contribution in [0.1, 0.15) is 44.2 Å². The molecule has 10 N–H and O–H groups in total. The van der Waals surface area contributed by atoms with Crippen LogP contribution in [0, 0.1) is 5.92 Å². The number of aromatic nitrogens is 1. The zero-order valence-corrected chi connectivity index (χ0v) is 24.7. The number of primary amides is 1. The summed E-state index contributed by atoms with van der Waals surface area (Å²) in [5, 5.41) is 28.1. The van der Waals surface area contributed by atoms with Gasteiger partial charge in [0.1, 0.15) is 23.9 Å². The predicted molar refractivity (Wildman–Crippen MR) is 163 cm³/mol. The molecule has 0 spiro atoms. The molecule has 0 radical (unpaired) electrons. The summed E-state index contributed by atoms with van der Waals surface area (Å²) in [6.07, 6.45) is 2.05. The van der Waals surface area contributed by atoms with Crippen LogP contribution >= 0.6 is 0 Å². The minimum atomic E-state index is -1.23. The number of nitrogens with one attached hydrogen (secondary N) is 4. The Hall–Kier alpha value is -4.91. The summed E-state index contributed by atoms with van der Waals surface area (Å²) < 4.78 is 0. The van der Waals surface area contributed by atoms with Gasteiger partial charge in [0.15, 0.2) is 0 Å². The van der Waals surface area contributed by atoms with Crippen molar-refractivity contribution in [3.8, 4) is 5.75 Å². The van der Waals surface area contributed by atoms with Crippen LogP contribution in [0.2, 0.25) is 0 Å². The van der Waals surface area contributed by atoms with Crippen LogP contribution in [0.25, 0.3) is 10.9 Å². The van der Waals surface area contributed by atoms with E-state index >= 15 is 0 Å². The van der Waals surface area contributed by atoms with Gasteiger partial charge in [-0.05, 0) is 41.7 Å². The highest BCUT2D eigenvalue weighted by Gasteiger charge is 2.32. The number of fused-ring (bicyclic) bond motifs is 1. The van der Waals surface area contributed by atoms with Crippen LogP contribution < -0.4 is 27.4 Å². The van der Waals surface area contributed by atoms with E-state index in [0.717, 1.165) is 10.9 Å². The highest BCUT2D eigenvalue weighted by atomic mass is 16.4. The molecule has 0 fully saturated rings. The van der Waals surface area contributed by atoms with Crippen molar-refractivity contribution >= 4 is 40.5 Å². The fraction of sp³-hybridized carbons (Fsp3) is 0.387. The van der Waals surface area contributed by atoms with Gasteiger partial charge < -0.3 is 42.6 Å². The van der Waals surface area contributed by atoms with Crippen LogP contribution in [-0.2, 0) is 36.8 Å². The van der Waals surface area contributed by atoms with Crippen LogP contribution in [0.15, 0.2) is 54.7 Å². The lowest BCUT2D eigenvalue weighted by Gasteiger charge is -2.26. The van der Waals surface area contributed by atoms with E-state index in [1.54, 1.807) is 32.2 Å². The molecule has 5 atom stereocenters. The Morgan fingerprint density at radius 2 is 1.50 bits per heavy atom. The number of aromatic amines is 1. The summed E-state index contributed by atoms with van der Waals surface area (Å²) in [7, 11) is 0. The Morgan fingerprint density at radius 1 is 0.886 bits per heavy atom. The van der Waals surface area contributed by atoms with Crippen LogP contribution in [0.4, 0.5) is 0 Å². The number of H-pyrrole nitrogens is 1. The van der Waals surface area contributed by atoms with Gasteiger partial charge in [0, 0.05) is 36.4 Å². The van der Waals surface area contributed by atoms with E-state index in [0.29, 0.717) is 17.5 Å². The first-order chi connectivity index (χ1) is 20.9. The number of hydrogen-bond donors (Lipinski definition) is 8. The molecule has 5 unspecified atom stereocenters. The van der Waals surface area contributed by atoms with Gasteiger partial charge in [-0.2, -0.15) is 0 Å². The van der Waals surface area contributed by atoms with Crippen LogP contribution in [0.5, 0.6) is 5.75 Å². The van der Waals surface area contributed by atoms with Crippen molar-refractivity contribution in [1.29, 1.82) is 0 Å². The molecule has 0 saturated carbocycles. The third-order valence-electron chi connectivity index (χ3n) is 7.56. The first-order valence-electron chi connectivity index (χ1n) is 14.4. The quantitative estimate of drug-likeness (QED) is 0.116. The molecule has 0 saturated heterocycles. The fourth-order valence-corrected chi connectivity index (χ4v) is 4.72. The number of carboxylic acid groups (broad SMARTS) is 1. The molecule has 13 heteroatoms.